The molecule has 1 aromatic rings. The van der Waals surface area contributed by atoms with E-state index in [1.165, 1.54) is 0 Å². The Balaban J connectivity index is 1.80. The summed E-state index contributed by atoms with van der Waals surface area (Å²) >= 11 is 0. The van der Waals surface area contributed by atoms with Gasteiger partial charge < -0.3 is 4.74 Å². The van der Waals surface area contributed by atoms with Gasteiger partial charge in [-0.2, -0.15) is 0 Å². The van der Waals surface area contributed by atoms with Crippen LogP contribution in [0, 0.1) is 0 Å². The van der Waals surface area contributed by atoms with Gasteiger partial charge in [0.25, 0.3) is 0 Å². The molecule has 0 amide bonds. The normalized spacial score (nSPS) is 24.3. The van der Waals surface area contributed by atoms with E-state index < -0.39 is 0 Å². The summed E-state index contributed by atoms with van der Waals surface area (Å²) in [4.78, 5) is 11.6. The summed E-state index contributed by atoms with van der Waals surface area (Å²) in [7, 11) is 0. The largest absolute Gasteiger partial charge is 0.460 e. The minimum atomic E-state index is -0.223. The second-order valence-electron chi connectivity index (χ2n) is 4.07. The standard InChI is InChI=1S/C12H16N2O2/c1-9-7-11(14-13-9)12(15)16-8-10-5-3-2-4-6-10/h2-6,9,11,13-14H,7-8H2,1H3. The number of benzene rings is 1. The van der Waals surface area contributed by atoms with Crippen molar-refractivity contribution in [1.82, 2.24) is 10.9 Å². The Kier molecular flexibility index (Phi) is 3.54. The van der Waals surface area contributed by atoms with E-state index in [4.69, 9.17) is 4.74 Å². The summed E-state index contributed by atoms with van der Waals surface area (Å²) in [5.74, 6) is -0.194. The van der Waals surface area contributed by atoms with Gasteiger partial charge in [0.05, 0.1) is 0 Å². The molecule has 1 aromatic carbocycles. The number of nitrogens with one attached hydrogen (secondary N) is 2. The highest BCUT2D eigenvalue weighted by molar-refractivity contribution is 5.76. The Morgan fingerprint density at radius 1 is 1.38 bits per heavy atom. The zero-order valence-electron chi connectivity index (χ0n) is 9.27. The topological polar surface area (TPSA) is 50.4 Å². The quantitative estimate of drug-likeness (QED) is 0.746. The van der Waals surface area contributed by atoms with Crippen molar-refractivity contribution in [2.24, 2.45) is 0 Å². The molecule has 4 heteroatoms. The number of carbonyl (C=O) groups is 1. The van der Waals surface area contributed by atoms with Gasteiger partial charge in [-0.05, 0) is 18.9 Å². The Hall–Kier alpha value is -1.39. The number of carbonyl (C=O) groups excluding carboxylic acids is 1. The van der Waals surface area contributed by atoms with E-state index in [-0.39, 0.29) is 12.0 Å². The highest BCUT2D eigenvalue weighted by Crippen LogP contribution is 2.08. The van der Waals surface area contributed by atoms with E-state index in [9.17, 15) is 4.79 Å². The van der Waals surface area contributed by atoms with Crippen LogP contribution in [0.1, 0.15) is 18.9 Å². The first kappa shape index (κ1) is 11.1. The van der Waals surface area contributed by atoms with Gasteiger partial charge in [-0.15, -0.1) is 0 Å². The average Bonchev–Trinajstić information content (AvgIpc) is 2.74. The van der Waals surface area contributed by atoms with Crippen LogP contribution in [0.15, 0.2) is 30.3 Å². The van der Waals surface area contributed by atoms with Gasteiger partial charge in [0.15, 0.2) is 0 Å². The summed E-state index contributed by atoms with van der Waals surface area (Å²) in [6.45, 7) is 2.36. The molecule has 16 heavy (non-hydrogen) atoms. The van der Waals surface area contributed by atoms with Crippen molar-refractivity contribution in [2.75, 3.05) is 0 Å². The van der Waals surface area contributed by atoms with Gasteiger partial charge >= 0.3 is 5.97 Å². The van der Waals surface area contributed by atoms with Crippen LogP contribution in [0.4, 0.5) is 0 Å². The molecule has 1 fully saturated rings. The molecule has 0 spiro atoms. The number of ether oxygens (including phenoxy) is 1. The summed E-state index contributed by atoms with van der Waals surface area (Å²) in [6.07, 6.45) is 0.771. The Bertz CT molecular complexity index is 353. The lowest BCUT2D eigenvalue weighted by atomic mass is 10.1. The molecule has 0 aromatic heterocycles. The third kappa shape index (κ3) is 2.81. The van der Waals surface area contributed by atoms with Crippen molar-refractivity contribution in [3.8, 4) is 0 Å². The van der Waals surface area contributed by atoms with E-state index in [0.717, 1.165) is 12.0 Å². The molecule has 86 valence electrons. The number of hydrogen-bond donors (Lipinski definition) is 2. The molecule has 1 heterocycles. The van der Waals surface area contributed by atoms with Crippen molar-refractivity contribution in [3.05, 3.63) is 35.9 Å². The van der Waals surface area contributed by atoms with Crippen LogP contribution in [0.25, 0.3) is 0 Å². The van der Waals surface area contributed by atoms with Crippen molar-refractivity contribution >= 4 is 5.97 Å². The van der Waals surface area contributed by atoms with E-state index in [1.807, 2.05) is 37.3 Å². The van der Waals surface area contributed by atoms with Crippen LogP contribution in [-0.4, -0.2) is 18.1 Å². The first-order valence-electron chi connectivity index (χ1n) is 5.47. The maximum Gasteiger partial charge on any atom is 0.324 e. The molecule has 4 nitrogen and oxygen atoms in total. The minimum Gasteiger partial charge on any atom is -0.460 e. The van der Waals surface area contributed by atoms with Crippen LogP contribution in [0.5, 0.6) is 0 Å². The molecule has 0 radical (unpaired) electrons. The average molecular weight is 220 g/mol. The fourth-order valence-electron chi connectivity index (χ4n) is 1.70. The van der Waals surface area contributed by atoms with E-state index >= 15 is 0 Å². The van der Waals surface area contributed by atoms with Crippen LogP contribution in [-0.2, 0) is 16.1 Å². The molecular formula is C12H16N2O2. The number of rotatable bonds is 3. The van der Waals surface area contributed by atoms with Gasteiger partial charge in [-0.1, -0.05) is 30.3 Å². The first-order valence-corrected chi connectivity index (χ1v) is 5.47. The zero-order valence-corrected chi connectivity index (χ0v) is 9.27. The molecule has 0 bridgehead atoms. The lowest BCUT2D eigenvalue weighted by molar-refractivity contribution is -0.147. The van der Waals surface area contributed by atoms with Crippen LogP contribution in [0.3, 0.4) is 0 Å². The third-order valence-electron chi connectivity index (χ3n) is 2.60. The maximum atomic E-state index is 11.6. The lowest BCUT2D eigenvalue weighted by Gasteiger charge is -2.09. The predicted molar refractivity (Wildman–Crippen MR) is 60.4 cm³/mol. The maximum absolute atomic E-state index is 11.6. The highest BCUT2D eigenvalue weighted by atomic mass is 16.5. The van der Waals surface area contributed by atoms with E-state index in [1.54, 1.807) is 0 Å². The minimum absolute atomic E-state index is 0.194. The van der Waals surface area contributed by atoms with E-state index in [2.05, 4.69) is 10.9 Å². The van der Waals surface area contributed by atoms with Gasteiger partial charge in [0.2, 0.25) is 0 Å². The van der Waals surface area contributed by atoms with Crippen molar-refractivity contribution in [3.63, 3.8) is 0 Å². The molecule has 0 saturated carbocycles. The van der Waals surface area contributed by atoms with Crippen molar-refractivity contribution in [2.45, 2.75) is 32.0 Å². The smallest absolute Gasteiger partial charge is 0.324 e. The molecule has 0 aliphatic carbocycles. The number of hydrazine groups is 1. The molecule has 2 unspecified atom stereocenters. The van der Waals surface area contributed by atoms with Gasteiger partial charge in [-0.25, -0.2) is 5.43 Å². The zero-order chi connectivity index (χ0) is 11.4. The summed E-state index contributed by atoms with van der Waals surface area (Å²) in [5, 5.41) is 0. The predicted octanol–water partition coefficient (Wildman–Crippen LogP) is 0.985. The Labute approximate surface area is 95.0 Å². The van der Waals surface area contributed by atoms with Gasteiger partial charge in [0, 0.05) is 6.04 Å². The monoisotopic (exact) mass is 220 g/mol. The summed E-state index contributed by atoms with van der Waals surface area (Å²) in [6, 6.07) is 9.77. The fraction of sp³-hybridized carbons (Fsp3) is 0.417. The number of hydrogen-bond acceptors (Lipinski definition) is 4. The first-order chi connectivity index (χ1) is 7.75. The van der Waals surface area contributed by atoms with Crippen molar-refractivity contribution in [1.29, 1.82) is 0 Å². The third-order valence-corrected chi connectivity index (χ3v) is 2.60. The SMILES string of the molecule is CC1CC(C(=O)OCc2ccccc2)NN1. The molecule has 2 rings (SSSR count). The number of esters is 1. The van der Waals surface area contributed by atoms with Crippen molar-refractivity contribution < 1.29 is 9.53 Å². The molecule has 1 aliphatic rings. The van der Waals surface area contributed by atoms with Gasteiger partial charge in [0.1, 0.15) is 12.6 Å². The molecule has 1 saturated heterocycles. The molecule has 2 atom stereocenters. The second kappa shape index (κ2) is 5.09. The van der Waals surface area contributed by atoms with Crippen LogP contribution >= 0.6 is 0 Å². The summed E-state index contributed by atoms with van der Waals surface area (Å²) in [5.41, 5.74) is 6.92. The fourth-order valence-corrected chi connectivity index (χ4v) is 1.70. The van der Waals surface area contributed by atoms with Crippen LogP contribution < -0.4 is 10.9 Å². The highest BCUT2D eigenvalue weighted by Gasteiger charge is 2.27. The van der Waals surface area contributed by atoms with Crippen LogP contribution in [0.2, 0.25) is 0 Å². The summed E-state index contributed by atoms with van der Waals surface area (Å²) < 4.78 is 5.22. The lowest BCUT2D eigenvalue weighted by Crippen LogP contribution is -2.37. The molecule has 1 aliphatic heterocycles. The van der Waals surface area contributed by atoms with Gasteiger partial charge in [-0.3, -0.25) is 10.2 Å². The molecule has 2 N–H and O–H groups in total. The second-order valence-corrected chi connectivity index (χ2v) is 4.07. The Morgan fingerprint density at radius 2 is 2.12 bits per heavy atom. The van der Waals surface area contributed by atoms with E-state index in [0.29, 0.717) is 12.6 Å². The molecular weight excluding hydrogens is 204 g/mol. The Morgan fingerprint density at radius 3 is 2.75 bits per heavy atom.